The Hall–Kier alpha value is -1.22. The van der Waals surface area contributed by atoms with Gasteiger partial charge in [-0.1, -0.05) is 30.3 Å². The van der Waals surface area contributed by atoms with Crippen LogP contribution in [-0.4, -0.2) is 19.0 Å². The second-order valence-electron chi connectivity index (χ2n) is 4.26. The molecule has 0 spiro atoms. The average Bonchev–Trinajstić information content (AvgIpc) is 2.39. The molecule has 0 bridgehead atoms. The zero-order chi connectivity index (χ0) is 15.0. The Bertz CT molecular complexity index is 498. The highest BCUT2D eigenvalue weighted by molar-refractivity contribution is 7.58. The zero-order valence-electron chi connectivity index (χ0n) is 12.2. The second kappa shape index (κ2) is 8.15. The van der Waals surface area contributed by atoms with E-state index in [1.807, 2.05) is 30.3 Å². The van der Waals surface area contributed by atoms with Gasteiger partial charge in [0.05, 0.1) is 13.2 Å². The molecule has 0 saturated carbocycles. The lowest BCUT2D eigenvalue weighted by Gasteiger charge is -2.19. The fraction of sp³-hybridized carbons (Fsp3) is 0.400. The van der Waals surface area contributed by atoms with Crippen LogP contribution in [0.2, 0.25) is 0 Å². The van der Waals surface area contributed by atoms with Crippen molar-refractivity contribution < 1.29 is 18.4 Å². The van der Waals surface area contributed by atoms with Gasteiger partial charge in [-0.2, -0.15) is 0 Å². The van der Waals surface area contributed by atoms with Crippen molar-refractivity contribution in [2.24, 2.45) is 0 Å². The van der Waals surface area contributed by atoms with Crippen LogP contribution in [-0.2, 0) is 18.4 Å². The first-order valence-electron chi connectivity index (χ1n) is 6.66. The maximum absolute atomic E-state index is 12.8. The third-order valence-corrected chi connectivity index (χ3v) is 4.70. The van der Waals surface area contributed by atoms with Crippen molar-refractivity contribution in [1.29, 1.82) is 0 Å². The number of hydrogen-bond acceptors (Lipinski definition) is 4. The highest BCUT2D eigenvalue weighted by Crippen LogP contribution is 2.57. The smallest absolute Gasteiger partial charge is 0.306 e. The molecule has 0 aromatic heterocycles. The van der Waals surface area contributed by atoms with Crippen LogP contribution < -0.4 is 0 Å². The van der Waals surface area contributed by atoms with Gasteiger partial charge in [-0.15, -0.1) is 0 Å². The van der Waals surface area contributed by atoms with E-state index in [1.54, 1.807) is 19.9 Å². The molecule has 0 aliphatic heterocycles. The standard InChI is InChI=1S/C15H21O4P/c1-4-18-20(17,19-5-2)15(11-13(3)16)12-14-9-7-6-8-10-14/h6-10,12H,4-5,11H2,1-3H3/b15-12-. The van der Waals surface area contributed by atoms with Gasteiger partial charge in [0.2, 0.25) is 0 Å². The number of ketones is 1. The number of rotatable bonds is 8. The maximum Gasteiger partial charge on any atom is 0.357 e. The summed E-state index contributed by atoms with van der Waals surface area (Å²) in [5, 5.41) is 0.403. The number of carbonyl (C=O) groups excluding carboxylic acids is 1. The molecule has 110 valence electrons. The van der Waals surface area contributed by atoms with Gasteiger partial charge in [0.25, 0.3) is 0 Å². The summed E-state index contributed by atoms with van der Waals surface area (Å²) in [5.41, 5.74) is 0.864. The number of benzene rings is 1. The van der Waals surface area contributed by atoms with Gasteiger partial charge >= 0.3 is 7.60 Å². The SMILES string of the molecule is CCOP(=O)(OCC)/C(=C\c1ccccc1)CC(C)=O. The highest BCUT2D eigenvalue weighted by Gasteiger charge is 2.30. The van der Waals surface area contributed by atoms with E-state index in [0.29, 0.717) is 5.31 Å². The summed E-state index contributed by atoms with van der Waals surface area (Å²) < 4.78 is 23.4. The first kappa shape index (κ1) is 16.8. The van der Waals surface area contributed by atoms with E-state index in [1.165, 1.54) is 6.92 Å². The molecule has 0 heterocycles. The Kier molecular flexibility index (Phi) is 6.86. The van der Waals surface area contributed by atoms with Crippen molar-refractivity contribution >= 4 is 19.5 Å². The van der Waals surface area contributed by atoms with Gasteiger partial charge in [0.1, 0.15) is 5.78 Å². The summed E-state index contributed by atoms with van der Waals surface area (Å²) in [6.07, 6.45) is 1.78. The van der Waals surface area contributed by atoms with E-state index in [9.17, 15) is 9.36 Å². The summed E-state index contributed by atoms with van der Waals surface area (Å²) in [5.74, 6) is -0.0770. The Morgan fingerprint density at radius 2 is 1.70 bits per heavy atom. The van der Waals surface area contributed by atoms with Crippen molar-refractivity contribution in [2.45, 2.75) is 27.2 Å². The molecule has 0 atom stereocenters. The summed E-state index contributed by atoms with van der Waals surface area (Å²) in [7, 11) is -3.41. The van der Waals surface area contributed by atoms with Crippen LogP contribution >= 0.6 is 7.60 Å². The molecule has 5 heteroatoms. The molecule has 4 nitrogen and oxygen atoms in total. The summed E-state index contributed by atoms with van der Waals surface area (Å²) in [4.78, 5) is 11.4. The fourth-order valence-electron chi connectivity index (χ4n) is 1.77. The predicted molar refractivity (Wildman–Crippen MR) is 80.6 cm³/mol. The molecule has 0 fully saturated rings. The zero-order valence-corrected chi connectivity index (χ0v) is 13.1. The van der Waals surface area contributed by atoms with E-state index in [-0.39, 0.29) is 25.4 Å². The predicted octanol–water partition coefficient (Wildman–Crippen LogP) is 4.27. The van der Waals surface area contributed by atoms with Gasteiger partial charge in [-0.05, 0) is 32.4 Å². The van der Waals surface area contributed by atoms with Crippen LogP contribution in [0.3, 0.4) is 0 Å². The largest absolute Gasteiger partial charge is 0.357 e. The summed E-state index contributed by atoms with van der Waals surface area (Å²) in [6.45, 7) is 5.49. The van der Waals surface area contributed by atoms with E-state index in [4.69, 9.17) is 9.05 Å². The molecule has 1 aromatic carbocycles. The van der Waals surface area contributed by atoms with E-state index in [0.717, 1.165) is 5.56 Å². The third-order valence-electron chi connectivity index (χ3n) is 2.51. The van der Waals surface area contributed by atoms with E-state index < -0.39 is 7.60 Å². The molecular weight excluding hydrogens is 275 g/mol. The molecule has 0 N–H and O–H groups in total. The molecule has 20 heavy (non-hydrogen) atoms. The molecule has 0 amide bonds. The quantitative estimate of drug-likeness (QED) is 0.672. The van der Waals surface area contributed by atoms with Crippen molar-refractivity contribution in [1.82, 2.24) is 0 Å². The summed E-state index contributed by atoms with van der Waals surface area (Å²) in [6, 6.07) is 9.41. The highest BCUT2D eigenvalue weighted by atomic mass is 31.2. The van der Waals surface area contributed by atoms with Gasteiger partial charge in [-0.25, -0.2) is 0 Å². The lowest BCUT2D eigenvalue weighted by atomic mass is 10.2. The normalized spacial score (nSPS) is 12.4. The number of Topliss-reactive ketones (excluding diaryl/α,β-unsaturated/α-hetero) is 1. The molecule has 0 aliphatic rings. The van der Waals surface area contributed by atoms with Crippen LogP contribution in [0.1, 0.15) is 32.8 Å². The minimum Gasteiger partial charge on any atom is -0.306 e. The third kappa shape index (κ3) is 5.04. The van der Waals surface area contributed by atoms with Gasteiger partial charge in [0.15, 0.2) is 0 Å². The Morgan fingerprint density at radius 3 is 2.15 bits per heavy atom. The fourth-order valence-corrected chi connectivity index (χ4v) is 3.58. The first-order valence-corrected chi connectivity index (χ1v) is 8.20. The van der Waals surface area contributed by atoms with Gasteiger partial charge in [0, 0.05) is 11.7 Å². The Labute approximate surface area is 120 Å². The molecule has 1 aromatic rings. The van der Waals surface area contributed by atoms with Crippen molar-refractivity contribution in [3.63, 3.8) is 0 Å². The van der Waals surface area contributed by atoms with Gasteiger partial charge in [-0.3, -0.25) is 9.36 Å². The topological polar surface area (TPSA) is 52.6 Å². The lowest BCUT2D eigenvalue weighted by Crippen LogP contribution is -2.02. The van der Waals surface area contributed by atoms with E-state index in [2.05, 4.69) is 0 Å². The summed E-state index contributed by atoms with van der Waals surface area (Å²) >= 11 is 0. The number of carbonyl (C=O) groups is 1. The van der Waals surface area contributed by atoms with Gasteiger partial charge < -0.3 is 9.05 Å². The first-order chi connectivity index (χ1) is 9.51. The maximum atomic E-state index is 12.8. The van der Waals surface area contributed by atoms with E-state index >= 15 is 0 Å². The van der Waals surface area contributed by atoms with Crippen LogP contribution in [0.25, 0.3) is 6.08 Å². The minimum absolute atomic E-state index is 0.0617. The number of hydrogen-bond donors (Lipinski definition) is 0. The molecule has 0 saturated heterocycles. The molecule has 1 rings (SSSR count). The second-order valence-corrected chi connectivity index (χ2v) is 6.34. The number of allylic oxidation sites excluding steroid dienone is 1. The van der Waals surface area contributed by atoms with Crippen LogP contribution in [0.5, 0.6) is 0 Å². The van der Waals surface area contributed by atoms with Crippen molar-refractivity contribution in [3.8, 4) is 0 Å². The Morgan fingerprint density at radius 1 is 1.15 bits per heavy atom. The lowest BCUT2D eigenvalue weighted by molar-refractivity contribution is -0.116. The van der Waals surface area contributed by atoms with Crippen LogP contribution in [0.4, 0.5) is 0 Å². The molecule has 0 aliphatic carbocycles. The van der Waals surface area contributed by atoms with Crippen LogP contribution in [0, 0.1) is 0 Å². The monoisotopic (exact) mass is 296 g/mol. The van der Waals surface area contributed by atoms with Crippen molar-refractivity contribution in [3.05, 3.63) is 41.2 Å². The minimum atomic E-state index is -3.41. The molecular formula is C15H21O4P. The van der Waals surface area contributed by atoms with Crippen molar-refractivity contribution in [2.75, 3.05) is 13.2 Å². The molecule has 0 unspecified atom stereocenters. The Balaban J connectivity index is 3.19. The van der Waals surface area contributed by atoms with Crippen LogP contribution in [0.15, 0.2) is 35.6 Å². The molecule has 0 radical (unpaired) electrons. The average molecular weight is 296 g/mol.